The van der Waals surface area contributed by atoms with Gasteiger partial charge in [-0.15, -0.1) is 5.10 Å². The molecule has 1 aromatic heterocycles. The van der Waals surface area contributed by atoms with E-state index in [1.807, 2.05) is 62.4 Å². The highest BCUT2D eigenvalue weighted by molar-refractivity contribution is 5.92. The van der Waals surface area contributed by atoms with Crippen LogP contribution in [0.2, 0.25) is 0 Å². The Kier molecular flexibility index (Phi) is 8.11. The van der Waals surface area contributed by atoms with Crippen LogP contribution in [0.3, 0.4) is 0 Å². The topological polar surface area (TPSA) is 78.3 Å². The van der Waals surface area contributed by atoms with Crippen LogP contribution < -0.4 is 5.32 Å². The molecule has 0 saturated heterocycles. The molecule has 1 heterocycles. The molecule has 0 aliphatic rings. The second-order valence-electron chi connectivity index (χ2n) is 6.79. The lowest BCUT2D eigenvalue weighted by Crippen LogP contribution is -2.30. The second-order valence-corrected chi connectivity index (χ2v) is 6.79. The highest BCUT2D eigenvalue weighted by atomic mass is 16.7. The summed E-state index contributed by atoms with van der Waals surface area (Å²) in [6.45, 7) is 5.25. The molecule has 3 aromatic rings. The standard InChI is InChI=1S/C23H28N4O3/c1-3-29-22(30-4-2)17-27-16-21(25-26-27)23(28)24-20(19-13-9-6-10-14-19)15-18-11-7-5-8-12-18/h5-14,16,20,22H,3-4,15,17H2,1-2H3,(H,24,28). The predicted octanol–water partition coefficient (Wildman–Crippen LogP) is 3.39. The van der Waals surface area contributed by atoms with E-state index in [9.17, 15) is 4.79 Å². The minimum atomic E-state index is -0.423. The average molecular weight is 409 g/mol. The monoisotopic (exact) mass is 408 g/mol. The maximum Gasteiger partial charge on any atom is 0.273 e. The number of aromatic nitrogens is 3. The van der Waals surface area contributed by atoms with Crippen molar-refractivity contribution in [1.82, 2.24) is 20.3 Å². The van der Waals surface area contributed by atoms with E-state index in [0.717, 1.165) is 11.1 Å². The zero-order chi connectivity index (χ0) is 21.2. The van der Waals surface area contributed by atoms with Gasteiger partial charge in [0.25, 0.3) is 5.91 Å². The summed E-state index contributed by atoms with van der Waals surface area (Å²) in [6, 6.07) is 19.8. The molecule has 30 heavy (non-hydrogen) atoms. The first-order valence-corrected chi connectivity index (χ1v) is 10.2. The molecule has 1 atom stereocenters. The van der Waals surface area contributed by atoms with Gasteiger partial charge in [0.2, 0.25) is 0 Å². The first-order chi connectivity index (χ1) is 14.7. The summed E-state index contributed by atoms with van der Waals surface area (Å²) < 4.78 is 12.6. The highest BCUT2D eigenvalue weighted by Gasteiger charge is 2.19. The molecule has 0 bridgehead atoms. The van der Waals surface area contributed by atoms with E-state index in [-0.39, 0.29) is 17.6 Å². The Balaban J connectivity index is 1.70. The fourth-order valence-electron chi connectivity index (χ4n) is 3.19. The van der Waals surface area contributed by atoms with E-state index in [4.69, 9.17) is 9.47 Å². The molecular weight excluding hydrogens is 380 g/mol. The summed E-state index contributed by atoms with van der Waals surface area (Å²) in [5.74, 6) is -0.268. The molecule has 7 nitrogen and oxygen atoms in total. The molecule has 1 unspecified atom stereocenters. The number of nitrogens with one attached hydrogen (secondary N) is 1. The van der Waals surface area contributed by atoms with Crippen molar-refractivity contribution in [3.05, 3.63) is 83.7 Å². The molecule has 0 fully saturated rings. The molecule has 0 aliphatic heterocycles. The first kappa shape index (κ1) is 21.7. The molecule has 0 saturated carbocycles. The minimum absolute atomic E-state index is 0.175. The lowest BCUT2D eigenvalue weighted by Gasteiger charge is -2.19. The van der Waals surface area contributed by atoms with Crippen molar-refractivity contribution in [1.29, 1.82) is 0 Å². The summed E-state index contributed by atoms with van der Waals surface area (Å²) in [7, 11) is 0. The number of nitrogens with zero attached hydrogens (tertiary/aromatic N) is 3. The molecular formula is C23H28N4O3. The maximum absolute atomic E-state index is 12.9. The SMILES string of the molecule is CCOC(Cn1cc(C(=O)NC(Cc2ccccc2)c2ccccc2)nn1)OCC. The predicted molar refractivity (Wildman–Crippen MR) is 114 cm³/mol. The van der Waals surface area contributed by atoms with Crippen LogP contribution in [0.5, 0.6) is 0 Å². The van der Waals surface area contributed by atoms with Crippen LogP contribution in [-0.2, 0) is 22.4 Å². The molecule has 2 aromatic carbocycles. The third-order valence-corrected chi connectivity index (χ3v) is 4.60. The van der Waals surface area contributed by atoms with Crippen LogP contribution in [0.25, 0.3) is 0 Å². The Hall–Kier alpha value is -3.03. The van der Waals surface area contributed by atoms with Gasteiger partial charge < -0.3 is 14.8 Å². The van der Waals surface area contributed by atoms with Crippen LogP contribution in [0.1, 0.15) is 41.5 Å². The van der Waals surface area contributed by atoms with Crippen LogP contribution in [0.4, 0.5) is 0 Å². The molecule has 1 N–H and O–H groups in total. The number of ether oxygens (including phenoxy) is 2. The largest absolute Gasteiger partial charge is 0.351 e. The average Bonchev–Trinajstić information content (AvgIpc) is 3.24. The van der Waals surface area contributed by atoms with Gasteiger partial charge in [-0.3, -0.25) is 4.79 Å². The Labute approximate surface area is 177 Å². The number of carbonyl (C=O) groups excluding carboxylic acids is 1. The van der Waals surface area contributed by atoms with E-state index < -0.39 is 6.29 Å². The minimum Gasteiger partial charge on any atom is -0.351 e. The number of hydrogen-bond acceptors (Lipinski definition) is 5. The summed E-state index contributed by atoms with van der Waals surface area (Å²) in [5, 5.41) is 11.2. The number of rotatable bonds is 11. The Morgan fingerprint density at radius 2 is 1.63 bits per heavy atom. The lowest BCUT2D eigenvalue weighted by atomic mass is 9.99. The van der Waals surface area contributed by atoms with Crippen molar-refractivity contribution in [2.45, 2.75) is 39.1 Å². The van der Waals surface area contributed by atoms with Crippen molar-refractivity contribution in [3.8, 4) is 0 Å². The smallest absolute Gasteiger partial charge is 0.273 e. The van der Waals surface area contributed by atoms with Gasteiger partial charge >= 0.3 is 0 Å². The normalized spacial score (nSPS) is 12.1. The van der Waals surface area contributed by atoms with Crippen molar-refractivity contribution >= 4 is 5.91 Å². The molecule has 158 valence electrons. The van der Waals surface area contributed by atoms with E-state index >= 15 is 0 Å². The van der Waals surface area contributed by atoms with Crippen molar-refractivity contribution in [3.63, 3.8) is 0 Å². The van der Waals surface area contributed by atoms with Crippen LogP contribution in [0, 0.1) is 0 Å². The maximum atomic E-state index is 12.9. The summed E-state index contributed by atoms with van der Waals surface area (Å²) in [6.07, 6.45) is 1.87. The second kappa shape index (κ2) is 11.2. The van der Waals surface area contributed by atoms with Crippen molar-refractivity contribution < 1.29 is 14.3 Å². The highest BCUT2D eigenvalue weighted by Crippen LogP contribution is 2.19. The van der Waals surface area contributed by atoms with Gasteiger partial charge in [-0.25, -0.2) is 4.68 Å². The van der Waals surface area contributed by atoms with Crippen LogP contribution in [-0.4, -0.2) is 40.4 Å². The Morgan fingerprint density at radius 3 is 2.27 bits per heavy atom. The molecule has 0 spiro atoms. The van der Waals surface area contributed by atoms with Gasteiger partial charge in [0.05, 0.1) is 18.8 Å². The summed E-state index contributed by atoms with van der Waals surface area (Å²) in [5.41, 5.74) is 2.44. The van der Waals surface area contributed by atoms with Crippen LogP contribution in [0.15, 0.2) is 66.9 Å². The third kappa shape index (κ3) is 6.23. The molecule has 1 amide bonds. The first-order valence-electron chi connectivity index (χ1n) is 10.2. The lowest BCUT2D eigenvalue weighted by molar-refractivity contribution is -0.145. The summed E-state index contributed by atoms with van der Waals surface area (Å²) >= 11 is 0. The molecule has 0 aliphatic carbocycles. The van der Waals surface area contributed by atoms with E-state index in [2.05, 4.69) is 27.8 Å². The quantitative estimate of drug-likeness (QED) is 0.492. The van der Waals surface area contributed by atoms with Gasteiger partial charge in [-0.1, -0.05) is 65.9 Å². The third-order valence-electron chi connectivity index (χ3n) is 4.60. The van der Waals surface area contributed by atoms with E-state index in [0.29, 0.717) is 26.2 Å². The van der Waals surface area contributed by atoms with Gasteiger partial charge in [0, 0.05) is 13.2 Å². The van der Waals surface area contributed by atoms with Gasteiger partial charge in [-0.05, 0) is 31.4 Å². The number of carbonyl (C=O) groups is 1. The zero-order valence-corrected chi connectivity index (χ0v) is 17.4. The molecule has 3 rings (SSSR count). The molecule has 0 radical (unpaired) electrons. The Bertz CT molecular complexity index is 893. The van der Waals surface area contributed by atoms with Crippen molar-refractivity contribution in [2.24, 2.45) is 0 Å². The fraction of sp³-hybridized carbons (Fsp3) is 0.348. The van der Waals surface area contributed by atoms with Gasteiger partial charge in [-0.2, -0.15) is 0 Å². The Morgan fingerprint density at radius 1 is 1.00 bits per heavy atom. The van der Waals surface area contributed by atoms with E-state index in [1.54, 1.807) is 10.9 Å². The van der Waals surface area contributed by atoms with Crippen molar-refractivity contribution in [2.75, 3.05) is 13.2 Å². The molecule has 7 heteroatoms. The van der Waals surface area contributed by atoms with Gasteiger partial charge in [0.1, 0.15) is 0 Å². The van der Waals surface area contributed by atoms with Gasteiger partial charge in [0.15, 0.2) is 12.0 Å². The number of hydrogen-bond donors (Lipinski definition) is 1. The summed E-state index contributed by atoms with van der Waals surface area (Å²) in [4.78, 5) is 12.9. The number of amides is 1. The van der Waals surface area contributed by atoms with E-state index in [1.165, 1.54) is 0 Å². The number of benzene rings is 2. The zero-order valence-electron chi connectivity index (χ0n) is 17.4. The van der Waals surface area contributed by atoms with Crippen LogP contribution >= 0.6 is 0 Å². The fourth-order valence-corrected chi connectivity index (χ4v) is 3.19.